The van der Waals surface area contributed by atoms with Crippen molar-refractivity contribution in [3.63, 3.8) is 0 Å². The lowest BCUT2D eigenvalue weighted by Crippen LogP contribution is -2.86. The first-order valence-electron chi connectivity index (χ1n) is 7.27. The van der Waals surface area contributed by atoms with E-state index in [2.05, 4.69) is 10.1 Å². The molecule has 2 aromatic rings. The Hall–Kier alpha value is -2.47. The summed E-state index contributed by atoms with van der Waals surface area (Å²) in [6, 6.07) is 15.9. The van der Waals surface area contributed by atoms with E-state index in [9.17, 15) is 13.6 Å². The van der Waals surface area contributed by atoms with E-state index in [0.29, 0.717) is 5.69 Å². The first-order valence-corrected chi connectivity index (χ1v) is 7.27. The number of carbonyl (C=O) groups is 1. The summed E-state index contributed by atoms with van der Waals surface area (Å²) in [5, 5.41) is 4.65. The zero-order chi connectivity index (χ0) is 16.7. The van der Waals surface area contributed by atoms with Gasteiger partial charge in [0.1, 0.15) is 11.8 Å². The minimum atomic E-state index is -2.86. The third kappa shape index (κ3) is 5.67. The van der Waals surface area contributed by atoms with Crippen molar-refractivity contribution in [3.05, 3.63) is 60.2 Å². The number of anilines is 1. The smallest absolute Gasteiger partial charge is 0.387 e. The van der Waals surface area contributed by atoms with Crippen LogP contribution in [0.25, 0.3) is 0 Å². The molecule has 0 aliphatic heterocycles. The fraction of sp³-hybridized carbons (Fsp3) is 0.235. The number of nitrogens with one attached hydrogen (secondary N) is 1. The predicted molar refractivity (Wildman–Crippen MR) is 83.4 cm³/mol. The molecule has 2 rings (SSSR count). The Morgan fingerprint density at radius 1 is 1.13 bits per heavy atom. The molecule has 1 atom stereocenters. The zero-order valence-corrected chi connectivity index (χ0v) is 12.7. The highest BCUT2D eigenvalue weighted by Gasteiger charge is 2.11. The maximum atomic E-state index is 12.1. The summed E-state index contributed by atoms with van der Waals surface area (Å²) in [5.41, 5.74) is 1.69. The molecule has 4 nitrogen and oxygen atoms in total. The molecule has 0 radical (unpaired) electrons. The van der Waals surface area contributed by atoms with Crippen LogP contribution in [-0.4, -0.2) is 19.1 Å². The maximum Gasteiger partial charge on any atom is 0.387 e. The molecule has 0 aliphatic rings. The largest absolute Gasteiger partial charge is 0.435 e. The van der Waals surface area contributed by atoms with Crippen LogP contribution in [0.15, 0.2) is 54.6 Å². The van der Waals surface area contributed by atoms with Crippen LogP contribution in [-0.2, 0) is 4.79 Å². The highest BCUT2D eigenvalue weighted by atomic mass is 19.3. The molecule has 3 N–H and O–H groups in total. The average Bonchev–Trinajstić information content (AvgIpc) is 2.55. The van der Waals surface area contributed by atoms with E-state index < -0.39 is 6.61 Å². The summed E-state index contributed by atoms with van der Waals surface area (Å²) in [5.74, 6) is -0.0995. The van der Waals surface area contributed by atoms with Gasteiger partial charge in [0.25, 0.3) is 5.91 Å². The second kappa shape index (κ2) is 8.24. The summed E-state index contributed by atoms with van der Waals surface area (Å²) in [4.78, 5) is 11.9. The second-order valence-electron chi connectivity index (χ2n) is 5.09. The lowest BCUT2D eigenvalue weighted by Gasteiger charge is -2.11. The third-order valence-corrected chi connectivity index (χ3v) is 3.35. The van der Waals surface area contributed by atoms with Gasteiger partial charge in [-0.2, -0.15) is 8.78 Å². The van der Waals surface area contributed by atoms with Crippen LogP contribution >= 0.6 is 0 Å². The molecular weight excluding hydrogens is 302 g/mol. The van der Waals surface area contributed by atoms with Gasteiger partial charge in [-0.1, -0.05) is 30.3 Å². The molecule has 0 aliphatic carbocycles. The fourth-order valence-electron chi connectivity index (χ4n) is 2.11. The van der Waals surface area contributed by atoms with E-state index in [1.807, 2.05) is 42.6 Å². The summed E-state index contributed by atoms with van der Waals surface area (Å²) < 4.78 is 28.4. The number of ether oxygens (including phenoxy) is 1. The normalized spacial score (nSPS) is 12.0. The molecule has 0 fully saturated rings. The molecule has 0 unspecified atom stereocenters. The lowest BCUT2D eigenvalue weighted by atomic mass is 10.1. The maximum absolute atomic E-state index is 12.1. The number of nitrogens with two attached hydrogens (primary N) is 1. The van der Waals surface area contributed by atoms with Crippen molar-refractivity contribution in [3.8, 4) is 5.75 Å². The van der Waals surface area contributed by atoms with Gasteiger partial charge < -0.3 is 15.4 Å². The van der Waals surface area contributed by atoms with Gasteiger partial charge in [0.2, 0.25) is 0 Å². The summed E-state index contributed by atoms with van der Waals surface area (Å²) in [6.45, 7) is -0.561. The Balaban J connectivity index is 1.80. The number of amides is 1. The van der Waals surface area contributed by atoms with Gasteiger partial charge >= 0.3 is 6.61 Å². The van der Waals surface area contributed by atoms with Gasteiger partial charge in [-0.15, -0.1) is 0 Å². The van der Waals surface area contributed by atoms with Gasteiger partial charge in [0.05, 0.1) is 0 Å². The topological polar surface area (TPSA) is 54.9 Å². The molecule has 23 heavy (non-hydrogen) atoms. The van der Waals surface area contributed by atoms with Crippen LogP contribution in [0.4, 0.5) is 14.5 Å². The monoisotopic (exact) mass is 321 g/mol. The van der Waals surface area contributed by atoms with E-state index in [-0.39, 0.29) is 24.2 Å². The molecule has 0 bridgehead atoms. The molecule has 0 spiro atoms. The number of hydrogen-bond acceptors (Lipinski definition) is 2. The summed E-state index contributed by atoms with van der Waals surface area (Å²) in [7, 11) is 0. The van der Waals surface area contributed by atoms with Crippen LogP contribution in [0.1, 0.15) is 18.5 Å². The zero-order valence-electron chi connectivity index (χ0n) is 12.7. The Bertz CT molecular complexity index is 618. The lowest BCUT2D eigenvalue weighted by molar-refractivity contribution is -0.682. The van der Waals surface area contributed by atoms with Crippen LogP contribution in [0.3, 0.4) is 0 Å². The first-order chi connectivity index (χ1) is 11.0. The van der Waals surface area contributed by atoms with E-state index in [1.54, 1.807) is 0 Å². The van der Waals surface area contributed by atoms with E-state index in [1.165, 1.54) is 24.3 Å². The summed E-state index contributed by atoms with van der Waals surface area (Å²) >= 11 is 0. The highest BCUT2D eigenvalue weighted by Crippen LogP contribution is 2.17. The molecule has 122 valence electrons. The number of carbonyl (C=O) groups excluding carboxylic acids is 1. The molecule has 0 aromatic heterocycles. The van der Waals surface area contributed by atoms with E-state index in [0.717, 1.165) is 5.56 Å². The van der Waals surface area contributed by atoms with Crippen molar-refractivity contribution in [1.29, 1.82) is 0 Å². The minimum absolute atomic E-state index is 0.0576. The van der Waals surface area contributed by atoms with Crippen molar-refractivity contribution in [2.75, 3.05) is 11.9 Å². The quantitative estimate of drug-likeness (QED) is 0.823. The minimum Gasteiger partial charge on any atom is -0.435 e. The van der Waals surface area contributed by atoms with Crippen molar-refractivity contribution >= 4 is 11.6 Å². The number of benzene rings is 2. The van der Waals surface area contributed by atoms with Crippen molar-refractivity contribution in [1.82, 2.24) is 0 Å². The van der Waals surface area contributed by atoms with Crippen molar-refractivity contribution < 1.29 is 23.6 Å². The molecule has 0 heterocycles. The van der Waals surface area contributed by atoms with Crippen LogP contribution in [0.5, 0.6) is 5.75 Å². The second-order valence-corrected chi connectivity index (χ2v) is 5.09. The molecule has 1 amide bonds. The van der Waals surface area contributed by atoms with E-state index in [4.69, 9.17) is 0 Å². The number of halogens is 2. The van der Waals surface area contributed by atoms with Gasteiger partial charge in [-0.05, 0) is 31.2 Å². The fourth-order valence-corrected chi connectivity index (χ4v) is 2.11. The summed E-state index contributed by atoms with van der Waals surface area (Å²) in [6.07, 6.45) is 0. The third-order valence-electron chi connectivity index (χ3n) is 3.35. The molecule has 0 saturated heterocycles. The van der Waals surface area contributed by atoms with Gasteiger partial charge in [-0.25, -0.2) is 0 Å². The standard InChI is InChI=1S/C17H18F2N2O2/c1-12(13-5-3-2-4-6-13)20-11-16(22)21-14-7-9-15(10-8-14)23-17(18)19/h2-10,12,17,20H,11H2,1H3,(H,21,22)/p+1/t12-/m0/s1. The number of rotatable bonds is 7. The van der Waals surface area contributed by atoms with Crippen molar-refractivity contribution in [2.45, 2.75) is 19.6 Å². The number of quaternary nitrogens is 1. The van der Waals surface area contributed by atoms with Crippen molar-refractivity contribution in [2.24, 2.45) is 0 Å². The average molecular weight is 321 g/mol. The Morgan fingerprint density at radius 3 is 2.39 bits per heavy atom. The van der Waals surface area contributed by atoms with Gasteiger partial charge in [0.15, 0.2) is 6.54 Å². The van der Waals surface area contributed by atoms with Gasteiger partial charge in [-0.3, -0.25) is 4.79 Å². The number of alkyl halides is 2. The molecular formula is C17H19F2N2O2+. The predicted octanol–water partition coefficient (Wildman–Crippen LogP) is 2.55. The van der Waals surface area contributed by atoms with E-state index >= 15 is 0 Å². The first kappa shape index (κ1) is 16.9. The van der Waals surface area contributed by atoms with Crippen LogP contribution in [0.2, 0.25) is 0 Å². The van der Waals surface area contributed by atoms with Crippen LogP contribution in [0, 0.1) is 0 Å². The Morgan fingerprint density at radius 2 is 1.78 bits per heavy atom. The highest BCUT2D eigenvalue weighted by molar-refractivity contribution is 5.91. The molecule has 2 aromatic carbocycles. The molecule has 0 saturated carbocycles. The SMILES string of the molecule is C[C@H]([NH2+]CC(=O)Nc1ccc(OC(F)F)cc1)c1ccccc1. The Kier molecular flexibility index (Phi) is 6.05. The Labute approximate surface area is 133 Å². The molecule has 6 heteroatoms. The van der Waals surface area contributed by atoms with Crippen LogP contribution < -0.4 is 15.4 Å². The van der Waals surface area contributed by atoms with Gasteiger partial charge in [0, 0.05) is 11.3 Å². The number of hydrogen-bond donors (Lipinski definition) is 2.